The van der Waals surface area contributed by atoms with E-state index in [1.54, 1.807) is 19.4 Å². The number of hydrogen-bond acceptors (Lipinski definition) is 4. The fourth-order valence-electron chi connectivity index (χ4n) is 2.51. The number of carboxylic acid groups (broad SMARTS) is 1. The van der Waals surface area contributed by atoms with E-state index in [0.29, 0.717) is 5.56 Å². The molecule has 0 unspecified atom stereocenters. The number of thiophene rings is 1. The third kappa shape index (κ3) is 2.54. The molecule has 19 heavy (non-hydrogen) atoms. The van der Waals surface area contributed by atoms with Gasteiger partial charge >= 0.3 is 5.97 Å². The van der Waals surface area contributed by atoms with Crippen LogP contribution in [-0.4, -0.2) is 36.9 Å². The normalized spacial score (nSPS) is 17.2. The first-order chi connectivity index (χ1) is 8.85. The summed E-state index contributed by atoms with van der Waals surface area (Å²) in [5.41, 5.74) is 0.507. The minimum absolute atomic E-state index is 0.00838. The Bertz CT molecular complexity index is 585. The molecule has 106 valence electrons. The van der Waals surface area contributed by atoms with Crippen molar-refractivity contribution in [2.45, 2.75) is 43.5 Å². The monoisotopic (exact) mass is 303 g/mol. The number of sulfonamides is 1. The standard InChI is InChI=1S/C12H17NO4S2/c1-8-7-18-10(12(14)15)11(8)19(16,17)13(2)9-5-3-4-6-9/h7,9H,3-6H2,1-2H3,(H,14,15). The van der Waals surface area contributed by atoms with Crippen molar-refractivity contribution in [3.05, 3.63) is 15.8 Å². The van der Waals surface area contributed by atoms with Crippen LogP contribution in [-0.2, 0) is 10.0 Å². The molecule has 0 saturated heterocycles. The Hall–Kier alpha value is -0.920. The Morgan fingerprint density at radius 1 is 1.42 bits per heavy atom. The smallest absolute Gasteiger partial charge is 0.347 e. The second-order valence-electron chi connectivity index (χ2n) is 4.84. The number of rotatable bonds is 4. The summed E-state index contributed by atoms with van der Waals surface area (Å²) >= 11 is 0.966. The predicted molar refractivity (Wildman–Crippen MR) is 73.2 cm³/mol. The van der Waals surface area contributed by atoms with Crippen LogP contribution in [0.3, 0.4) is 0 Å². The first-order valence-electron chi connectivity index (χ1n) is 6.15. The van der Waals surface area contributed by atoms with E-state index in [4.69, 9.17) is 5.11 Å². The highest BCUT2D eigenvalue weighted by atomic mass is 32.2. The fourth-order valence-corrected chi connectivity index (χ4v) is 5.50. The highest BCUT2D eigenvalue weighted by Crippen LogP contribution is 2.32. The van der Waals surface area contributed by atoms with Crippen LogP contribution in [0.2, 0.25) is 0 Å². The lowest BCUT2D eigenvalue weighted by molar-refractivity contribution is 0.0698. The number of hydrogen-bond donors (Lipinski definition) is 1. The van der Waals surface area contributed by atoms with E-state index in [1.807, 2.05) is 0 Å². The summed E-state index contributed by atoms with van der Waals surface area (Å²) in [5, 5.41) is 10.7. The molecule has 0 spiro atoms. The van der Waals surface area contributed by atoms with Gasteiger partial charge in [0, 0.05) is 13.1 Å². The molecule has 0 amide bonds. The van der Waals surface area contributed by atoms with Crippen molar-refractivity contribution in [2.24, 2.45) is 0 Å². The van der Waals surface area contributed by atoms with Gasteiger partial charge in [0.15, 0.2) is 0 Å². The molecule has 1 aromatic heterocycles. The highest BCUT2D eigenvalue weighted by molar-refractivity contribution is 7.89. The summed E-state index contributed by atoms with van der Waals surface area (Å²) in [6.07, 6.45) is 3.75. The molecule has 1 fully saturated rings. The number of nitrogens with zero attached hydrogens (tertiary/aromatic N) is 1. The van der Waals surface area contributed by atoms with Crippen LogP contribution >= 0.6 is 11.3 Å². The zero-order valence-electron chi connectivity index (χ0n) is 10.9. The van der Waals surface area contributed by atoms with Gasteiger partial charge in [-0.3, -0.25) is 0 Å². The topological polar surface area (TPSA) is 74.7 Å². The van der Waals surface area contributed by atoms with E-state index in [2.05, 4.69) is 0 Å². The number of aromatic carboxylic acids is 1. The van der Waals surface area contributed by atoms with E-state index in [1.165, 1.54) is 4.31 Å². The van der Waals surface area contributed by atoms with Gasteiger partial charge in [0.1, 0.15) is 9.77 Å². The van der Waals surface area contributed by atoms with Gasteiger partial charge in [-0.05, 0) is 30.7 Å². The Balaban J connectivity index is 2.44. The maximum atomic E-state index is 12.6. The quantitative estimate of drug-likeness (QED) is 0.926. The molecule has 0 atom stereocenters. The summed E-state index contributed by atoms with van der Waals surface area (Å²) in [6.45, 7) is 1.64. The molecule has 1 saturated carbocycles. The van der Waals surface area contributed by atoms with Gasteiger partial charge < -0.3 is 5.11 Å². The van der Waals surface area contributed by atoms with Crippen LogP contribution in [0.4, 0.5) is 0 Å². The Kier molecular flexibility index (Phi) is 3.98. The van der Waals surface area contributed by atoms with E-state index >= 15 is 0 Å². The zero-order chi connectivity index (χ0) is 14.2. The molecule has 1 aromatic rings. The summed E-state index contributed by atoms with van der Waals surface area (Å²) in [4.78, 5) is 11.0. The molecule has 0 aliphatic heterocycles. The first kappa shape index (κ1) is 14.5. The Morgan fingerprint density at radius 2 is 2.00 bits per heavy atom. The maximum Gasteiger partial charge on any atom is 0.347 e. The Morgan fingerprint density at radius 3 is 2.53 bits per heavy atom. The molecular weight excluding hydrogens is 286 g/mol. The van der Waals surface area contributed by atoms with Gasteiger partial charge in [0.2, 0.25) is 10.0 Å². The third-order valence-corrected chi connectivity index (χ3v) is 6.90. The Labute approximate surface area is 116 Å². The number of aryl methyl sites for hydroxylation is 1. The summed E-state index contributed by atoms with van der Waals surface area (Å²) in [6, 6.07) is -0.00838. The molecule has 5 nitrogen and oxygen atoms in total. The van der Waals surface area contributed by atoms with Gasteiger partial charge in [-0.1, -0.05) is 12.8 Å². The summed E-state index contributed by atoms with van der Waals surface area (Å²) in [5.74, 6) is -1.18. The van der Waals surface area contributed by atoms with Gasteiger partial charge in [-0.15, -0.1) is 11.3 Å². The maximum absolute atomic E-state index is 12.6. The molecular formula is C12H17NO4S2. The van der Waals surface area contributed by atoms with Crippen molar-refractivity contribution >= 4 is 27.3 Å². The second kappa shape index (κ2) is 5.22. The van der Waals surface area contributed by atoms with Gasteiger partial charge in [-0.2, -0.15) is 4.31 Å². The first-order valence-corrected chi connectivity index (χ1v) is 8.47. The molecule has 0 bridgehead atoms. The highest BCUT2D eigenvalue weighted by Gasteiger charge is 2.34. The molecule has 1 aliphatic rings. The average molecular weight is 303 g/mol. The number of carboxylic acids is 1. The van der Waals surface area contributed by atoms with Crippen molar-refractivity contribution in [1.29, 1.82) is 0 Å². The zero-order valence-corrected chi connectivity index (χ0v) is 12.6. The SMILES string of the molecule is Cc1csc(C(=O)O)c1S(=O)(=O)N(C)C1CCCC1. The molecule has 7 heteroatoms. The lowest BCUT2D eigenvalue weighted by atomic mass is 10.3. The molecule has 1 N–H and O–H groups in total. The molecule has 1 aliphatic carbocycles. The molecule has 0 radical (unpaired) electrons. The van der Waals surface area contributed by atoms with Crippen LogP contribution in [0, 0.1) is 6.92 Å². The molecule has 2 rings (SSSR count). The van der Waals surface area contributed by atoms with Crippen LogP contribution in [0.1, 0.15) is 40.9 Å². The molecule has 1 heterocycles. The van der Waals surface area contributed by atoms with E-state index in [0.717, 1.165) is 37.0 Å². The average Bonchev–Trinajstić information content (AvgIpc) is 2.96. The van der Waals surface area contributed by atoms with Crippen LogP contribution in [0.25, 0.3) is 0 Å². The van der Waals surface area contributed by atoms with E-state index in [-0.39, 0.29) is 15.8 Å². The molecule has 0 aromatic carbocycles. The van der Waals surface area contributed by atoms with Crippen molar-refractivity contribution in [1.82, 2.24) is 4.31 Å². The van der Waals surface area contributed by atoms with Crippen molar-refractivity contribution in [2.75, 3.05) is 7.05 Å². The fraction of sp³-hybridized carbons (Fsp3) is 0.583. The second-order valence-corrected chi connectivity index (χ2v) is 7.66. The van der Waals surface area contributed by atoms with Crippen LogP contribution in [0.15, 0.2) is 10.3 Å². The largest absolute Gasteiger partial charge is 0.477 e. The minimum atomic E-state index is -3.72. The summed E-state index contributed by atoms with van der Waals surface area (Å²) in [7, 11) is -2.17. The van der Waals surface area contributed by atoms with Gasteiger partial charge in [0.05, 0.1) is 0 Å². The lowest BCUT2D eigenvalue weighted by Gasteiger charge is -2.23. The van der Waals surface area contributed by atoms with Crippen molar-refractivity contribution in [3.8, 4) is 0 Å². The predicted octanol–water partition coefficient (Wildman–Crippen LogP) is 2.32. The van der Waals surface area contributed by atoms with Crippen LogP contribution < -0.4 is 0 Å². The summed E-state index contributed by atoms with van der Waals surface area (Å²) < 4.78 is 26.5. The van der Waals surface area contributed by atoms with Crippen LogP contribution in [0.5, 0.6) is 0 Å². The van der Waals surface area contributed by atoms with E-state index < -0.39 is 16.0 Å². The van der Waals surface area contributed by atoms with Gasteiger partial charge in [-0.25, -0.2) is 13.2 Å². The van der Waals surface area contributed by atoms with Gasteiger partial charge in [0.25, 0.3) is 0 Å². The lowest BCUT2D eigenvalue weighted by Crippen LogP contribution is -2.35. The third-order valence-electron chi connectivity index (χ3n) is 3.59. The number of carbonyl (C=O) groups is 1. The van der Waals surface area contributed by atoms with E-state index in [9.17, 15) is 13.2 Å². The van der Waals surface area contributed by atoms with Crippen molar-refractivity contribution in [3.63, 3.8) is 0 Å². The van der Waals surface area contributed by atoms with Crippen molar-refractivity contribution < 1.29 is 18.3 Å². The minimum Gasteiger partial charge on any atom is -0.477 e.